The molecule has 0 unspecified atom stereocenters. The van der Waals surface area contributed by atoms with Gasteiger partial charge >= 0.3 is 0 Å². The summed E-state index contributed by atoms with van der Waals surface area (Å²) in [6, 6.07) is 8.39. The highest BCUT2D eigenvalue weighted by Gasteiger charge is 2.11. The molecule has 0 aliphatic carbocycles. The lowest BCUT2D eigenvalue weighted by Gasteiger charge is -2.26. The third kappa shape index (κ3) is 6.23. The topological polar surface area (TPSA) is 84.3 Å². The quantitative estimate of drug-likeness (QED) is 0.645. The van der Waals surface area contributed by atoms with Crippen LogP contribution in [0.15, 0.2) is 24.3 Å². The van der Waals surface area contributed by atoms with Crippen molar-refractivity contribution in [1.29, 1.82) is 0 Å². The van der Waals surface area contributed by atoms with Gasteiger partial charge in [-0.05, 0) is 50.0 Å². The molecule has 1 aromatic carbocycles. The maximum atomic E-state index is 11.1. The van der Waals surface area contributed by atoms with Crippen LogP contribution in [0.3, 0.4) is 0 Å². The highest BCUT2D eigenvalue weighted by atomic mass is 16.5. The normalized spacial score (nSPS) is 14.6. The Balaban J connectivity index is 1.39. The van der Waals surface area contributed by atoms with Crippen molar-refractivity contribution >= 4 is 17.8 Å². The van der Waals surface area contributed by atoms with Crippen molar-refractivity contribution in [2.45, 2.75) is 39.2 Å². The Morgan fingerprint density at radius 3 is 2.86 bits per heavy atom. The van der Waals surface area contributed by atoms with Crippen LogP contribution in [0.2, 0.25) is 0 Å². The van der Waals surface area contributed by atoms with Gasteiger partial charge in [0.25, 0.3) is 5.95 Å². The molecule has 0 spiro atoms. The molecule has 2 heterocycles. The van der Waals surface area contributed by atoms with Crippen molar-refractivity contribution in [3.8, 4) is 5.75 Å². The molecule has 28 heavy (non-hydrogen) atoms. The molecule has 3 rings (SSSR count). The van der Waals surface area contributed by atoms with Gasteiger partial charge in [-0.15, -0.1) is 5.10 Å². The third-order valence-corrected chi connectivity index (χ3v) is 4.68. The van der Waals surface area contributed by atoms with Crippen LogP contribution in [0, 0.1) is 0 Å². The first-order chi connectivity index (χ1) is 13.6. The summed E-state index contributed by atoms with van der Waals surface area (Å²) in [5, 5.41) is 9.91. The summed E-state index contributed by atoms with van der Waals surface area (Å²) >= 11 is 0. The van der Waals surface area contributed by atoms with E-state index < -0.39 is 0 Å². The van der Waals surface area contributed by atoms with Crippen LogP contribution in [0.1, 0.15) is 38.2 Å². The van der Waals surface area contributed by atoms with Gasteiger partial charge in [0.05, 0.1) is 6.61 Å². The second kappa shape index (κ2) is 10.1. The Kier molecular flexibility index (Phi) is 7.25. The first-order valence-corrected chi connectivity index (χ1v) is 9.97. The van der Waals surface area contributed by atoms with Crippen LogP contribution >= 0.6 is 0 Å². The lowest BCUT2D eigenvalue weighted by molar-refractivity contribution is -0.114. The van der Waals surface area contributed by atoms with Crippen molar-refractivity contribution < 1.29 is 9.53 Å². The molecule has 1 aromatic heterocycles. The Morgan fingerprint density at radius 1 is 1.25 bits per heavy atom. The fraction of sp³-hybridized carbons (Fsp3) is 0.550. The number of nitrogens with zero attached hydrogens (tertiary/aromatic N) is 4. The minimum atomic E-state index is -0.187. The monoisotopic (exact) mass is 386 g/mol. The van der Waals surface area contributed by atoms with Crippen molar-refractivity contribution in [3.63, 3.8) is 0 Å². The van der Waals surface area contributed by atoms with Gasteiger partial charge in [0, 0.05) is 27.1 Å². The summed E-state index contributed by atoms with van der Waals surface area (Å²) in [5.74, 6) is 1.65. The zero-order valence-electron chi connectivity index (χ0n) is 16.8. The van der Waals surface area contributed by atoms with Gasteiger partial charge < -0.3 is 10.1 Å². The number of amides is 1. The maximum Gasteiger partial charge on any atom is 0.250 e. The van der Waals surface area contributed by atoms with Crippen molar-refractivity contribution in [2.75, 3.05) is 36.9 Å². The van der Waals surface area contributed by atoms with E-state index >= 15 is 0 Å². The number of aromatic nitrogens is 3. The van der Waals surface area contributed by atoms with Crippen LogP contribution < -0.4 is 15.4 Å². The fourth-order valence-electron chi connectivity index (χ4n) is 3.32. The molecule has 2 aromatic rings. The molecule has 1 aliphatic heterocycles. The zero-order valence-corrected chi connectivity index (χ0v) is 16.8. The molecular weight excluding hydrogens is 356 g/mol. The maximum absolute atomic E-state index is 11.1. The highest BCUT2D eigenvalue weighted by molar-refractivity contribution is 5.86. The number of nitrogens with one attached hydrogen (secondary N) is 2. The Morgan fingerprint density at radius 2 is 2.07 bits per heavy atom. The third-order valence-electron chi connectivity index (χ3n) is 4.68. The number of likely N-dealkylation sites (tertiary alicyclic amines) is 1. The smallest absolute Gasteiger partial charge is 0.250 e. The van der Waals surface area contributed by atoms with E-state index in [2.05, 4.69) is 43.8 Å². The van der Waals surface area contributed by atoms with Crippen LogP contribution in [0.25, 0.3) is 0 Å². The average Bonchev–Trinajstić information content (AvgIpc) is 3.01. The Labute approximate surface area is 166 Å². The lowest BCUT2D eigenvalue weighted by atomic mass is 10.1. The Bertz CT molecular complexity index is 770. The number of anilines is 2. The van der Waals surface area contributed by atoms with Crippen molar-refractivity contribution in [3.05, 3.63) is 29.8 Å². The number of ether oxygens (including phenoxy) is 1. The number of rotatable bonds is 9. The standard InChI is InChI=1S/C20H30N6O2/c1-16(27)22-19-23-20(25(2)24-19)21-10-7-13-28-18-9-6-8-17(14-18)15-26-11-4-3-5-12-26/h6,8-9,14H,3-5,7,10-13,15H2,1-2H3,(H2,21,22,23,24,27). The molecule has 8 heteroatoms. The van der Waals surface area contributed by atoms with E-state index in [0.717, 1.165) is 18.7 Å². The predicted octanol–water partition coefficient (Wildman–Crippen LogP) is 2.64. The van der Waals surface area contributed by atoms with E-state index in [1.165, 1.54) is 44.8 Å². The number of hydrogen-bond acceptors (Lipinski definition) is 6. The molecule has 1 amide bonds. The minimum absolute atomic E-state index is 0.187. The van der Waals surface area contributed by atoms with Crippen LogP contribution in [-0.4, -0.2) is 51.8 Å². The molecule has 0 saturated carbocycles. The number of hydrogen-bond donors (Lipinski definition) is 2. The number of carbonyl (C=O) groups excluding carboxylic acids is 1. The van der Waals surface area contributed by atoms with E-state index in [9.17, 15) is 4.79 Å². The van der Waals surface area contributed by atoms with Crippen molar-refractivity contribution in [1.82, 2.24) is 19.7 Å². The fourth-order valence-corrected chi connectivity index (χ4v) is 3.32. The van der Waals surface area contributed by atoms with Gasteiger partial charge in [0.2, 0.25) is 11.9 Å². The second-order valence-corrected chi connectivity index (χ2v) is 7.18. The summed E-state index contributed by atoms with van der Waals surface area (Å²) in [6.45, 7) is 6.16. The number of carbonyl (C=O) groups is 1. The first kappa shape index (κ1) is 20.1. The summed E-state index contributed by atoms with van der Waals surface area (Å²) in [6.07, 6.45) is 4.80. The SMILES string of the molecule is CC(=O)Nc1nc(NCCCOc2cccc(CN3CCCCC3)c2)n(C)n1. The lowest BCUT2D eigenvalue weighted by Crippen LogP contribution is -2.29. The molecule has 8 nitrogen and oxygen atoms in total. The Hall–Kier alpha value is -2.61. The molecular formula is C20H30N6O2. The summed E-state index contributed by atoms with van der Waals surface area (Å²) in [4.78, 5) is 17.8. The van der Waals surface area contributed by atoms with E-state index in [0.29, 0.717) is 25.0 Å². The van der Waals surface area contributed by atoms with Gasteiger partial charge in [0.15, 0.2) is 0 Å². The molecule has 2 N–H and O–H groups in total. The largest absolute Gasteiger partial charge is 0.494 e. The average molecular weight is 387 g/mol. The number of benzene rings is 1. The van der Waals surface area contributed by atoms with Gasteiger partial charge in [-0.1, -0.05) is 18.6 Å². The van der Waals surface area contributed by atoms with Crippen molar-refractivity contribution in [2.24, 2.45) is 7.05 Å². The highest BCUT2D eigenvalue weighted by Crippen LogP contribution is 2.17. The molecule has 152 valence electrons. The molecule has 1 aliphatic rings. The van der Waals surface area contributed by atoms with Gasteiger partial charge in [0.1, 0.15) is 5.75 Å². The van der Waals surface area contributed by atoms with Gasteiger partial charge in [-0.25, -0.2) is 4.68 Å². The molecule has 0 radical (unpaired) electrons. The summed E-state index contributed by atoms with van der Waals surface area (Å²) in [7, 11) is 1.78. The molecule has 1 fully saturated rings. The van der Waals surface area contributed by atoms with E-state index in [-0.39, 0.29) is 5.91 Å². The van der Waals surface area contributed by atoms with Crippen LogP contribution in [0.4, 0.5) is 11.9 Å². The second-order valence-electron chi connectivity index (χ2n) is 7.18. The molecule has 1 saturated heterocycles. The zero-order chi connectivity index (χ0) is 19.8. The van der Waals surface area contributed by atoms with E-state index in [4.69, 9.17) is 4.74 Å². The van der Waals surface area contributed by atoms with Gasteiger partial charge in [-0.3, -0.25) is 15.0 Å². The van der Waals surface area contributed by atoms with E-state index in [1.54, 1.807) is 11.7 Å². The molecule has 0 atom stereocenters. The minimum Gasteiger partial charge on any atom is -0.494 e. The number of aryl methyl sites for hydroxylation is 1. The molecule has 0 bridgehead atoms. The van der Waals surface area contributed by atoms with E-state index in [1.807, 2.05) is 6.07 Å². The summed E-state index contributed by atoms with van der Waals surface area (Å²) in [5.41, 5.74) is 1.31. The first-order valence-electron chi connectivity index (χ1n) is 9.97. The van der Waals surface area contributed by atoms with Gasteiger partial charge in [-0.2, -0.15) is 4.98 Å². The van der Waals surface area contributed by atoms with Crippen LogP contribution in [-0.2, 0) is 18.4 Å². The predicted molar refractivity (Wildman–Crippen MR) is 109 cm³/mol. The van der Waals surface area contributed by atoms with Crippen LogP contribution in [0.5, 0.6) is 5.75 Å². The number of piperidine rings is 1. The summed E-state index contributed by atoms with van der Waals surface area (Å²) < 4.78 is 7.51.